The van der Waals surface area contributed by atoms with Crippen LogP contribution in [0, 0.1) is 19.3 Å². The summed E-state index contributed by atoms with van der Waals surface area (Å²) in [4.78, 5) is 4.54. The van der Waals surface area contributed by atoms with Crippen molar-refractivity contribution in [3.8, 4) is 11.3 Å². The predicted octanol–water partition coefficient (Wildman–Crippen LogP) is 7.29. The summed E-state index contributed by atoms with van der Waals surface area (Å²) in [5, 5.41) is 6.50. The Morgan fingerprint density at radius 2 is 1.42 bits per heavy atom. The molecule has 0 saturated carbocycles. The van der Waals surface area contributed by atoms with Crippen LogP contribution in [-0.4, -0.2) is 10.7 Å². The molecule has 1 aromatic carbocycles. The zero-order chi connectivity index (χ0) is 20.5. The maximum Gasteiger partial charge on any atom is 0.0705 e. The molecular weight excluding hydrogens is 316 g/mol. The number of aryl methyl sites for hydroxylation is 2. The summed E-state index contributed by atoms with van der Waals surface area (Å²) in [7, 11) is 0. The van der Waals surface area contributed by atoms with Crippen molar-refractivity contribution in [2.45, 2.75) is 67.7 Å². The monoisotopic (exact) mass is 352 g/mol. The number of pyridine rings is 1. The highest BCUT2D eigenvalue weighted by atomic mass is 14.7. The van der Waals surface area contributed by atoms with Gasteiger partial charge >= 0.3 is 0 Å². The van der Waals surface area contributed by atoms with Gasteiger partial charge in [-0.05, 0) is 64.4 Å². The topological polar surface area (TPSA) is 36.7 Å². The second kappa shape index (κ2) is 10.7. The minimum Gasteiger partial charge on any atom is -0.310 e. The van der Waals surface area contributed by atoms with Crippen molar-refractivity contribution in [1.82, 2.24) is 4.98 Å². The molecule has 0 amide bonds. The van der Waals surface area contributed by atoms with Crippen LogP contribution in [0.3, 0.4) is 0 Å². The lowest BCUT2D eigenvalue weighted by atomic mass is 9.79. The third-order valence-electron chi connectivity index (χ3n) is 4.07. The van der Waals surface area contributed by atoms with Crippen LogP contribution in [0.5, 0.6) is 0 Å². The van der Waals surface area contributed by atoms with Gasteiger partial charge in [0.05, 0.1) is 5.69 Å². The molecule has 0 saturated heterocycles. The van der Waals surface area contributed by atoms with E-state index in [1.807, 2.05) is 20.0 Å². The van der Waals surface area contributed by atoms with E-state index in [2.05, 4.69) is 76.5 Å². The highest BCUT2D eigenvalue weighted by Crippen LogP contribution is 2.32. The van der Waals surface area contributed by atoms with Gasteiger partial charge in [0.1, 0.15) is 0 Å². The summed E-state index contributed by atoms with van der Waals surface area (Å²) >= 11 is 0. The van der Waals surface area contributed by atoms with E-state index in [1.165, 1.54) is 22.3 Å². The van der Waals surface area contributed by atoms with Gasteiger partial charge in [-0.15, -0.1) is 0 Å². The summed E-state index contributed by atoms with van der Waals surface area (Å²) in [5.74, 6) is 0. The molecular formula is C24H36N2. The molecule has 2 heteroatoms. The quantitative estimate of drug-likeness (QED) is 0.457. The smallest absolute Gasteiger partial charge is 0.0705 e. The largest absolute Gasteiger partial charge is 0.310 e. The van der Waals surface area contributed by atoms with Crippen molar-refractivity contribution in [1.29, 1.82) is 5.41 Å². The second-order valence-corrected chi connectivity index (χ2v) is 7.21. The molecule has 1 aromatic heterocycles. The van der Waals surface area contributed by atoms with Crippen molar-refractivity contribution >= 4 is 5.71 Å². The third-order valence-corrected chi connectivity index (χ3v) is 4.07. The van der Waals surface area contributed by atoms with Gasteiger partial charge in [0.25, 0.3) is 0 Å². The molecule has 0 bridgehead atoms. The van der Waals surface area contributed by atoms with Crippen LogP contribution in [0.1, 0.15) is 65.2 Å². The number of benzene rings is 1. The summed E-state index contributed by atoms with van der Waals surface area (Å²) in [5.41, 5.74) is 7.81. The van der Waals surface area contributed by atoms with Gasteiger partial charge in [-0.3, -0.25) is 4.98 Å². The van der Waals surface area contributed by atoms with Gasteiger partial charge < -0.3 is 5.41 Å². The molecule has 0 fully saturated rings. The fraction of sp³-hybridized carbons (Fsp3) is 0.417. The Balaban J connectivity index is 0.000000920. The van der Waals surface area contributed by atoms with Crippen LogP contribution in [0.4, 0.5) is 0 Å². The van der Waals surface area contributed by atoms with E-state index in [0.717, 1.165) is 11.3 Å². The molecule has 0 unspecified atom stereocenters. The number of hydrogen-bond acceptors (Lipinski definition) is 2. The lowest BCUT2D eigenvalue weighted by Gasteiger charge is -2.26. The van der Waals surface area contributed by atoms with Crippen molar-refractivity contribution in [3.05, 3.63) is 65.4 Å². The number of hydrogen-bond donors (Lipinski definition) is 1. The summed E-state index contributed by atoms with van der Waals surface area (Å²) < 4.78 is 0. The van der Waals surface area contributed by atoms with E-state index in [1.54, 1.807) is 13.8 Å². The average molecular weight is 353 g/mol. The van der Waals surface area contributed by atoms with Crippen LogP contribution < -0.4 is 0 Å². The summed E-state index contributed by atoms with van der Waals surface area (Å²) in [6.45, 7) is 22.3. The third kappa shape index (κ3) is 7.35. The Kier molecular flexibility index (Phi) is 9.79. The maximum atomic E-state index is 6.50. The van der Waals surface area contributed by atoms with Crippen LogP contribution in [0.25, 0.3) is 11.3 Å². The van der Waals surface area contributed by atoms with Crippen molar-refractivity contribution in [2.75, 3.05) is 0 Å². The molecule has 1 N–H and O–H groups in total. The Hall–Kier alpha value is -2.22. The molecule has 0 spiro atoms. The highest BCUT2D eigenvalue weighted by Gasteiger charge is 2.21. The summed E-state index contributed by atoms with van der Waals surface area (Å²) in [6.07, 6.45) is 1.90. The van der Waals surface area contributed by atoms with Crippen molar-refractivity contribution in [3.63, 3.8) is 0 Å². The van der Waals surface area contributed by atoms with Crippen molar-refractivity contribution in [2.24, 2.45) is 0 Å². The highest BCUT2D eigenvalue weighted by molar-refractivity contribution is 5.75. The van der Waals surface area contributed by atoms with Gasteiger partial charge in [-0.2, -0.15) is 0 Å². The van der Waals surface area contributed by atoms with E-state index in [-0.39, 0.29) is 5.41 Å². The molecule has 2 rings (SSSR count). The molecule has 0 radical (unpaired) electrons. The lowest BCUT2D eigenvalue weighted by molar-refractivity contribution is 0.625. The van der Waals surface area contributed by atoms with Crippen molar-refractivity contribution < 1.29 is 0 Å². The van der Waals surface area contributed by atoms with Gasteiger partial charge in [0.2, 0.25) is 0 Å². The molecule has 2 aromatic rings. The number of allylic oxidation sites excluding steroid dienone is 1. The molecule has 2 nitrogen and oxygen atoms in total. The second-order valence-electron chi connectivity index (χ2n) is 7.21. The number of nitrogens with zero attached hydrogens (tertiary/aromatic N) is 1. The Bertz CT molecular complexity index is 715. The first kappa shape index (κ1) is 23.8. The SMILES string of the molecule is C=C(C)C(C)(C)c1ccnc(-c2cc(C)cc(C)c2)c1.CC.CC(C)=N. The lowest BCUT2D eigenvalue weighted by Crippen LogP contribution is -2.18. The van der Waals surface area contributed by atoms with Crippen LogP contribution in [0.15, 0.2) is 48.7 Å². The van der Waals surface area contributed by atoms with Gasteiger partial charge in [0.15, 0.2) is 0 Å². The van der Waals surface area contributed by atoms with Gasteiger partial charge in [-0.1, -0.05) is 57.0 Å². The minimum absolute atomic E-state index is 0.0312. The fourth-order valence-corrected chi connectivity index (χ4v) is 2.35. The molecule has 0 atom stereocenters. The first-order valence-electron chi connectivity index (χ1n) is 9.27. The fourth-order valence-electron chi connectivity index (χ4n) is 2.35. The molecule has 0 aliphatic rings. The van der Waals surface area contributed by atoms with E-state index in [9.17, 15) is 0 Å². The first-order chi connectivity index (χ1) is 12.0. The average Bonchev–Trinajstić information content (AvgIpc) is 2.55. The minimum atomic E-state index is -0.0312. The Morgan fingerprint density at radius 3 is 1.85 bits per heavy atom. The van der Waals surface area contributed by atoms with Crippen LogP contribution in [0.2, 0.25) is 0 Å². The van der Waals surface area contributed by atoms with E-state index in [4.69, 9.17) is 5.41 Å². The number of rotatable bonds is 3. The van der Waals surface area contributed by atoms with Crippen LogP contribution in [-0.2, 0) is 5.41 Å². The first-order valence-corrected chi connectivity index (χ1v) is 9.27. The van der Waals surface area contributed by atoms with Gasteiger partial charge in [-0.25, -0.2) is 0 Å². The summed E-state index contributed by atoms with van der Waals surface area (Å²) in [6, 6.07) is 10.8. The van der Waals surface area contributed by atoms with E-state index < -0.39 is 0 Å². The number of nitrogens with one attached hydrogen (secondary N) is 1. The molecule has 0 aliphatic carbocycles. The zero-order valence-corrected chi connectivity index (χ0v) is 18.1. The predicted molar refractivity (Wildman–Crippen MR) is 117 cm³/mol. The molecule has 142 valence electrons. The standard InChI is InChI=1S/C19H23N.C3H7N.C2H6/c1-13(2)19(5,6)17-7-8-20-18(12-17)16-10-14(3)9-15(4)11-16;1-3(2)4;1-2/h7-12H,1H2,2-6H3;4H,1-2H3;1-2H3. The Labute approximate surface area is 160 Å². The molecule has 26 heavy (non-hydrogen) atoms. The van der Waals surface area contributed by atoms with E-state index >= 15 is 0 Å². The zero-order valence-electron chi connectivity index (χ0n) is 18.1. The molecule has 0 aliphatic heterocycles. The van der Waals surface area contributed by atoms with E-state index in [0.29, 0.717) is 5.71 Å². The normalized spacial score (nSPS) is 10.0. The molecule has 1 heterocycles. The van der Waals surface area contributed by atoms with Crippen LogP contribution >= 0.6 is 0 Å². The Morgan fingerprint density at radius 1 is 0.962 bits per heavy atom. The maximum absolute atomic E-state index is 6.50. The van der Waals surface area contributed by atoms with Gasteiger partial charge in [0, 0.05) is 22.9 Å². The number of aromatic nitrogens is 1.